The summed E-state index contributed by atoms with van der Waals surface area (Å²) in [6, 6.07) is 0. The second-order valence-electron chi connectivity index (χ2n) is 3.77. The van der Waals surface area contributed by atoms with Crippen LogP contribution in [0.2, 0.25) is 0 Å². The summed E-state index contributed by atoms with van der Waals surface area (Å²) in [5.41, 5.74) is 0. The molecule has 0 rings (SSSR count). The van der Waals surface area contributed by atoms with Gasteiger partial charge in [0.2, 0.25) is 0 Å². The largest absolute Gasteiger partial charge is 0.395 e. The maximum absolute atomic E-state index is 9.51. The van der Waals surface area contributed by atoms with Gasteiger partial charge in [0.1, 0.15) is 0 Å². The molecule has 0 saturated carbocycles. The van der Waals surface area contributed by atoms with Gasteiger partial charge in [-0.3, -0.25) is 0 Å². The van der Waals surface area contributed by atoms with E-state index >= 15 is 0 Å². The van der Waals surface area contributed by atoms with Gasteiger partial charge in [0, 0.05) is 13.1 Å². The molecule has 1 atom stereocenters. The fourth-order valence-electron chi connectivity index (χ4n) is 1.32. The van der Waals surface area contributed by atoms with Crippen LogP contribution in [0, 0.1) is 0 Å². The zero-order chi connectivity index (χ0) is 11.4. The molecule has 0 aromatic carbocycles. The van der Waals surface area contributed by atoms with Crippen molar-refractivity contribution in [1.29, 1.82) is 0 Å². The summed E-state index contributed by atoms with van der Waals surface area (Å²) in [5, 5.41) is 21.0. The Morgan fingerprint density at radius 3 is 2.67 bits per heavy atom. The van der Waals surface area contributed by atoms with E-state index in [-0.39, 0.29) is 12.7 Å². The van der Waals surface area contributed by atoms with Crippen molar-refractivity contribution in [3.8, 4) is 0 Å². The van der Waals surface area contributed by atoms with Gasteiger partial charge in [-0.15, -0.1) is 0 Å². The van der Waals surface area contributed by atoms with E-state index < -0.39 is 0 Å². The second kappa shape index (κ2) is 11.7. The minimum Gasteiger partial charge on any atom is -0.395 e. The van der Waals surface area contributed by atoms with Crippen molar-refractivity contribution in [1.82, 2.24) is 5.32 Å². The first-order chi connectivity index (χ1) is 7.31. The van der Waals surface area contributed by atoms with Crippen molar-refractivity contribution in [2.24, 2.45) is 0 Å². The van der Waals surface area contributed by atoms with E-state index in [1.807, 2.05) is 0 Å². The third kappa shape index (κ3) is 11.5. The predicted octanol–water partition coefficient (Wildman–Crippen LogP) is 1.46. The molecule has 0 aromatic rings. The Kier molecular flexibility index (Phi) is 11.4. The Morgan fingerprint density at radius 1 is 1.27 bits per heavy atom. The summed E-state index contributed by atoms with van der Waals surface area (Å²) in [4.78, 5) is 0. The first-order valence-electron chi connectivity index (χ1n) is 5.95. The standard InChI is InChI=1S/C12H25NO2/c1-2-3-4-5-6-7-8-12(15)11-13-9-10-14/h4-5,12-15H,2-3,6-11H2,1H3/b5-4+. The van der Waals surface area contributed by atoms with E-state index in [4.69, 9.17) is 5.11 Å². The van der Waals surface area contributed by atoms with E-state index in [9.17, 15) is 5.11 Å². The average Bonchev–Trinajstić information content (AvgIpc) is 2.23. The predicted molar refractivity (Wildman–Crippen MR) is 63.9 cm³/mol. The second-order valence-corrected chi connectivity index (χ2v) is 3.77. The summed E-state index contributed by atoms with van der Waals surface area (Å²) < 4.78 is 0. The van der Waals surface area contributed by atoms with Crippen LogP contribution in [0.5, 0.6) is 0 Å². The number of aliphatic hydroxyl groups is 2. The molecule has 15 heavy (non-hydrogen) atoms. The van der Waals surface area contributed by atoms with Crippen LogP contribution >= 0.6 is 0 Å². The summed E-state index contributed by atoms with van der Waals surface area (Å²) >= 11 is 0. The van der Waals surface area contributed by atoms with Gasteiger partial charge in [0.25, 0.3) is 0 Å². The molecule has 0 aromatic heterocycles. The number of aliphatic hydroxyl groups excluding tert-OH is 2. The summed E-state index contributed by atoms with van der Waals surface area (Å²) in [6.45, 7) is 3.44. The average molecular weight is 215 g/mol. The molecule has 0 radical (unpaired) electrons. The maximum atomic E-state index is 9.51. The van der Waals surface area contributed by atoms with E-state index in [1.165, 1.54) is 6.42 Å². The number of hydrogen-bond donors (Lipinski definition) is 3. The number of allylic oxidation sites excluding steroid dienone is 2. The highest BCUT2D eigenvalue weighted by atomic mass is 16.3. The molecular formula is C12H25NO2. The number of hydrogen-bond acceptors (Lipinski definition) is 3. The van der Waals surface area contributed by atoms with E-state index in [1.54, 1.807) is 0 Å². The maximum Gasteiger partial charge on any atom is 0.0664 e. The first kappa shape index (κ1) is 14.6. The van der Waals surface area contributed by atoms with Crippen LogP contribution < -0.4 is 5.32 Å². The van der Waals surface area contributed by atoms with Crippen LogP contribution in [0.1, 0.15) is 39.0 Å². The molecule has 3 N–H and O–H groups in total. The van der Waals surface area contributed by atoms with Crippen LogP contribution in [0.4, 0.5) is 0 Å². The molecular weight excluding hydrogens is 190 g/mol. The number of unbranched alkanes of at least 4 members (excludes halogenated alkanes) is 2. The van der Waals surface area contributed by atoms with Gasteiger partial charge in [0.15, 0.2) is 0 Å². The van der Waals surface area contributed by atoms with Gasteiger partial charge in [-0.05, 0) is 25.7 Å². The van der Waals surface area contributed by atoms with Crippen molar-refractivity contribution in [2.45, 2.75) is 45.1 Å². The zero-order valence-corrected chi connectivity index (χ0v) is 9.78. The lowest BCUT2D eigenvalue weighted by Crippen LogP contribution is -2.28. The monoisotopic (exact) mass is 215 g/mol. The highest BCUT2D eigenvalue weighted by molar-refractivity contribution is 4.81. The Bertz CT molecular complexity index is 149. The van der Waals surface area contributed by atoms with Crippen molar-refractivity contribution < 1.29 is 10.2 Å². The molecule has 0 bridgehead atoms. The van der Waals surface area contributed by atoms with Crippen LogP contribution in [0.3, 0.4) is 0 Å². The van der Waals surface area contributed by atoms with Gasteiger partial charge < -0.3 is 15.5 Å². The van der Waals surface area contributed by atoms with Crippen LogP contribution in [0.25, 0.3) is 0 Å². The lowest BCUT2D eigenvalue weighted by Gasteiger charge is -2.09. The minimum absolute atomic E-state index is 0.131. The molecule has 0 spiro atoms. The van der Waals surface area contributed by atoms with Crippen LogP contribution in [-0.2, 0) is 0 Å². The molecule has 0 heterocycles. The van der Waals surface area contributed by atoms with Gasteiger partial charge in [-0.2, -0.15) is 0 Å². The van der Waals surface area contributed by atoms with E-state index in [0.717, 1.165) is 25.7 Å². The molecule has 1 unspecified atom stereocenters. The molecule has 90 valence electrons. The molecule has 0 aliphatic rings. The Labute approximate surface area is 93.2 Å². The lowest BCUT2D eigenvalue weighted by atomic mass is 10.1. The Hall–Kier alpha value is -0.380. The smallest absolute Gasteiger partial charge is 0.0664 e. The summed E-state index contributed by atoms with van der Waals surface area (Å²) in [5.74, 6) is 0. The summed E-state index contributed by atoms with van der Waals surface area (Å²) in [6.07, 6.45) is 9.38. The fourth-order valence-corrected chi connectivity index (χ4v) is 1.32. The normalized spacial score (nSPS) is 13.5. The van der Waals surface area contributed by atoms with Crippen molar-refractivity contribution >= 4 is 0 Å². The Morgan fingerprint density at radius 2 is 2.00 bits per heavy atom. The lowest BCUT2D eigenvalue weighted by molar-refractivity contribution is 0.156. The van der Waals surface area contributed by atoms with E-state index in [2.05, 4.69) is 24.4 Å². The van der Waals surface area contributed by atoms with Gasteiger partial charge in [-0.25, -0.2) is 0 Å². The molecule has 0 fully saturated rings. The number of rotatable bonds is 10. The third-order valence-corrected chi connectivity index (χ3v) is 2.20. The Balaban J connectivity index is 3.19. The summed E-state index contributed by atoms with van der Waals surface area (Å²) in [7, 11) is 0. The first-order valence-corrected chi connectivity index (χ1v) is 5.95. The molecule has 3 heteroatoms. The molecule has 0 aliphatic heterocycles. The van der Waals surface area contributed by atoms with Gasteiger partial charge >= 0.3 is 0 Å². The quantitative estimate of drug-likeness (QED) is 0.382. The SMILES string of the molecule is CCC/C=C/CCCC(O)CNCCO. The topological polar surface area (TPSA) is 52.5 Å². The highest BCUT2D eigenvalue weighted by Gasteiger charge is 2.01. The van der Waals surface area contributed by atoms with Crippen LogP contribution in [0.15, 0.2) is 12.2 Å². The highest BCUT2D eigenvalue weighted by Crippen LogP contribution is 2.02. The fraction of sp³-hybridized carbons (Fsp3) is 0.833. The van der Waals surface area contributed by atoms with Gasteiger partial charge in [0.05, 0.1) is 12.7 Å². The molecule has 0 aliphatic carbocycles. The zero-order valence-electron chi connectivity index (χ0n) is 9.78. The van der Waals surface area contributed by atoms with Crippen molar-refractivity contribution in [3.05, 3.63) is 12.2 Å². The van der Waals surface area contributed by atoms with Crippen LogP contribution in [-0.4, -0.2) is 36.0 Å². The molecule has 3 nitrogen and oxygen atoms in total. The third-order valence-electron chi connectivity index (χ3n) is 2.20. The van der Waals surface area contributed by atoms with E-state index in [0.29, 0.717) is 13.1 Å². The van der Waals surface area contributed by atoms with Gasteiger partial charge in [-0.1, -0.05) is 25.5 Å². The van der Waals surface area contributed by atoms with Crippen molar-refractivity contribution in [3.63, 3.8) is 0 Å². The molecule has 0 amide bonds. The number of nitrogens with one attached hydrogen (secondary N) is 1. The van der Waals surface area contributed by atoms with Crippen molar-refractivity contribution in [2.75, 3.05) is 19.7 Å². The molecule has 0 saturated heterocycles. The minimum atomic E-state index is -0.281.